The van der Waals surface area contributed by atoms with E-state index in [9.17, 15) is 17.2 Å². The molecule has 1 N–H and O–H groups in total. The average Bonchev–Trinajstić information content (AvgIpc) is 2.66. The Hall–Kier alpha value is -2.91. The average molecular weight is 391 g/mol. The molecule has 0 saturated carbocycles. The summed E-state index contributed by atoms with van der Waals surface area (Å²) in [5, 5.41) is 0. The molecule has 0 aliphatic rings. The number of hydrogen-bond donors (Lipinski definition) is 1. The van der Waals surface area contributed by atoms with Crippen LogP contribution in [-0.4, -0.2) is 25.5 Å². The molecule has 27 heavy (non-hydrogen) atoms. The number of sulfonamides is 1. The topological polar surface area (TPSA) is 81.2 Å². The number of benzene rings is 1. The van der Waals surface area contributed by atoms with Gasteiger partial charge in [-0.2, -0.15) is 0 Å². The molecular formula is C18H15F2N3O3S. The van der Waals surface area contributed by atoms with Gasteiger partial charge in [-0.1, -0.05) is 12.1 Å². The fraction of sp³-hybridized carbons (Fsp3) is 0.111. The van der Waals surface area contributed by atoms with Crippen LogP contribution in [0.1, 0.15) is 5.69 Å². The van der Waals surface area contributed by atoms with Gasteiger partial charge >= 0.3 is 0 Å². The van der Waals surface area contributed by atoms with E-state index in [-0.39, 0.29) is 6.54 Å². The molecule has 3 rings (SSSR count). The van der Waals surface area contributed by atoms with Gasteiger partial charge in [0, 0.05) is 18.3 Å². The molecule has 0 saturated heterocycles. The van der Waals surface area contributed by atoms with E-state index in [1.165, 1.54) is 13.2 Å². The predicted molar refractivity (Wildman–Crippen MR) is 94.4 cm³/mol. The fourth-order valence-corrected chi connectivity index (χ4v) is 3.53. The molecule has 0 unspecified atom stereocenters. The Bertz CT molecular complexity index is 1040. The highest BCUT2D eigenvalue weighted by Crippen LogP contribution is 2.22. The van der Waals surface area contributed by atoms with Gasteiger partial charge < -0.3 is 4.74 Å². The molecule has 6 nitrogen and oxygen atoms in total. The third-order valence-electron chi connectivity index (χ3n) is 3.65. The summed E-state index contributed by atoms with van der Waals surface area (Å²) >= 11 is 0. The van der Waals surface area contributed by atoms with Crippen molar-refractivity contribution in [1.82, 2.24) is 14.7 Å². The molecule has 0 aliphatic heterocycles. The highest BCUT2D eigenvalue weighted by Gasteiger charge is 2.23. The molecule has 0 radical (unpaired) electrons. The highest BCUT2D eigenvalue weighted by atomic mass is 32.2. The standard InChI is InChI=1S/C18H15F2N3O3S/c1-26-13-9-12(23-17(10-13)16-7-2-3-8-21-16)11-22-27(24,25)18-14(19)5-4-6-15(18)20/h2-10,22H,11H2,1H3. The van der Waals surface area contributed by atoms with Crippen LogP contribution in [0.25, 0.3) is 11.4 Å². The number of nitrogens with one attached hydrogen (secondary N) is 1. The van der Waals surface area contributed by atoms with Crippen molar-refractivity contribution < 1.29 is 21.9 Å². The van der Waals surface area contributed by atoms with Crippen molar-refractivity contribution in [3.63, 3.8) is 0 Å². The molecule has 9 heteroatoms. The van der Waals surface area contributed by atoms with E-state index in [0.29, 0.717) is 22.8 Å². The summed E-state index contributed by atoms with van der Waals surface area (Å²) in [7, 11) is -2.95. The van der Waals surface area contributed by atoms with E-state index >= 15 is 0 Å². The van der Waals surface area contributed by atoms with Crippen molar-refractivity contribution in [2.24, 2.45) is 0 Å². The number of aromatic nitrogens is 2. The van der Waals surface area contributed by atoms with Gasteiger partial charge in [0.25, 0.3) is 0 Å². The largest absolute Gasteiger partial charge is 0.497 e. The second-order valence-corrected chi connectivity index (χ2v) is 7.18. The summed E-state index contributed by atoms with van der Waals surface area (Å²) < 4.78 is 59.5. The van der Waals surface area contributed by atoms with Gasteiger partial charge in [-0.25, -0.2) is 26.9 Å². The smallest absolute Gasteiger partial charge is 0.246 e. The van der Waals surface area contributed by atoms with Crippen LogP contribution >= 0.6 is 0 Å². The van der Waals surface area contributed by atoms with Gasteiger partial charge in [-0.05, 0) is 24.3 Å². The molecular weight excluding hydrogens is 376 g/mol. The number of halogens is 2. The highest BCUT2D eigenvalue weighted by molar-refractivity contribution is 7.89. The van der Waals surface area contributed by atoms with Crippen LogP contribution in [0.4, 0.5) is 8.78 Å². The molecule has 0 amide bonds. The lowest BCUT2D eigenvalue weighted by Crippen LogP contribution is -2.25. The first-order valence-corrected chi connectivity index (χ1v) is 9.29. The Kier molecular flexibility index (Phi) is 5.43. The summed E-state index contributed by atoms with van der Waals surface area (Å²) in [5.41, 5.74) is 1.34. The monoisotopic (exact) mass is 391 g/mol. The van der Waals surface area contributed by atoms with Crippen LogP contribution in [-0.2, 0) is 16.6 Å². The van der Waals surface area contributed by atoms with Crippen LogP contribution < -0.4 is 9.46 Å². The third-order valence-corrected chi connectivity index (χ3v) is 5.10. The minimum Gasteiger partial charge on any atom is -0.497 e. The summed E-state index contributed by atoms with van der Waals surface area (Å²) in [6, 6.07) is 11.3. The van der Waals surface area contributed by atoms with Crippen LogP contribution in [0.5, 0.6) is 5.75 Å². The number of ether oxygens (including phenoxy) is 1. The van der Waals surface area contributed by atoms with Crippen LogP contribution in [0.15, 0.2) is 59.6 Å². The minimum absolute atomic E-state index is 0.285. The van der Waals surface area contributed by atoms with E-state index in [4.69, 9.17) is 4.74 Å². The molecule has 1 aromatic carbocycles. The summed E-state index contributed by atoms with van der Waals surface area (Å²) in [6.45, 7) is -0.285. The van der Waals surface area contributed by atoms with E-state index in [1.807, 2.05) is 0 Å². The third kappa shape index (κ3) is 4.26. The second kappa shape index (κ2) is 7.77. The van der Waals surface area contributed by atoms with E-state index in [0.717, 1.165) is 18.2 Å². The van der Waals surface area contributed by atoms with Crippen molar-refractivity contribution in [3.05, 3.63) is 72.1 Å². The molecule has 0 aliphatic carbocycles. The Morgan fingerprint density at radius 2 is 1.78 bits per heavy atom. The maximum absolute atomic E-state index is 13.8. The molecule has 0 fully saturated rings. The predicted octanol–water partition coefficient (Wildman–Crippen LogP) is 2.91. The van der Waals surface area contributed by atoms with Crippen LogP contribution in [0, 0.1) is 11.6 Å². The zero-order chi connectivity index (χ0) is 19.4. The van der Waals surface area contributed by atoms with E-state index in [2.05, 4.69) is 14.7 Å². The zero-order valence-corrected chi connectivity index (χ0v) is 15.0. The number of methoxy groups -OCH3 is 1. The Balaban J connectivity index is 1.90. The van der Waals surface area contributed by atoms with Gasteiger partial charge in [-0.15, -0.1) is 0 Å². The molecule has 3 aromatic rings. The SMILES string of the molecule is COc1cc(CNS(=O)(=O)c2c(F)cccc2F)nc(-c2ccccn2)c1. The molecule has 2 aromatic heterocycles. The summed E-state index contributed by atoms with van der Waals surface area (Å²) in [5.74, 6) is -1.90. The lowest BCUT2D eigenvalue weighted by atomic mass is 10.2. The van der Waals surface area contributed by atoms with E-state index in [1.54, 1.807) is 30.5 Å². The molecule has 140 valence electrons. The summed E-state index contributed by atoms with van der Waals surface area (Å²) in [4.78, 5) is 7.50. The second-order valence-electron chi connectivity index (χ2n) is 5.47. The zero-order valence-electron chi connectivity index (χ0n) is 14.2. The van der Waals surface area contributed by atoms with Gasteiger partial charge in [0.2, 0.25) is 10.0 Å². The number of rotatable bonds is 6. The van der Waals surface area contributed by atoms with Crippen LogP contribution in [0.2, 0.25) is 0 Å². The van der Waals surface area contributed by atoms with Gasteiger partial charge in [0.05, 0.1) is 30.7 Å². The summed E-state index contributed by atoms with van der Waals surface area (Å²) in [6.07, 6.45) is 1.60. The Morgan fingerprint density at radius 3 is 2.41 bits per heavy atom. The molecule has 0 spiro atoms. The van der Waals surface area contributed by atoms with Crippen molar-refractivity contribution in [1.29, 1.82) is 0 Å². The minimum atomic E-state index is -4.41. The molecule has 0 atom stereocenters. The Labute approximate surface area is 154 Å². The number of pyridine rings is 2. The first kappa shape index (κ1) is 18.9. The van der Waals surface area contributed by atoms with Crippen molar-refractivity contribution in [3.8, 4) is 17.1 Å². The molecule has 0 bridgehead atoms. The van der Waals surface area contributed by atoms with Crippen LogP contribution in [0.3, 0.4) is 0 Å². The lowest BCUT2D eigenvalue weighted by Gasteiger charge is -2.11. The Morgan fingerprint density at radius 1 is 1.04 bits per heavy atom. The van der Waals surface area contributed by atoms with Gasteiger partial charge in [0.15, 0.2) is 4.90 Å². The van der Waals surface area contributed by atoms with Crippen molar-refractivity contribution in [2.45, 2.75) is 11.4 Å². The van der Waals surface area contributed by atoms with Crippen molar-refractivity contribution >= 4 is 10.0 Å². The molecule has 2 heterocycles. The normalized spacial score (nSPS) is 11.4. The number of hydrogen-bond acceptors (Lipinski definition) is 5. The maximum atomic E-state index is 13.8. The quantitative estimate of drug-likeness (QED) is 0.699. The number of nitrogens with zero attached hydrogens (tertiary/aromatic N) is 2. The van der Waals surface area contributed by atoms with Gasteiger partial charge in [0.1, 0.15) is 17.4 Å². The van der Waals surface area contributed by atoms with Gasteiger partial charge in [-0.3, -0.25) is 4.98 Å². The fourth-order valence-electron chi connectivity index (χ4n) is 2.39. The maximum Gasteiger partial charge on any atom is 0.246 e. The first-order valence-electron chi connectivity index (χ1n) is 7.81. The lowest BCUT2D eigenvalue weighted by molar-refractivity contribution is 0.413. The first-order chi connectivity index (χ1) is 12.9. The van der Waals surface area contributed by atoms with Crippen molar-refractivity contribution in [2.75, 3.05) is 7.11 Å². The van der Waals surface area contributed by atoms with E-state index < -0.39 is 26.6 Å².